The number of thiazole rings is 1. The smallest absolute Gasteiger partial charge is 0.338 e. The molecule has 2 aromatic rings. The summed E-state index contributed by atoms with van der Waals surface area (Å²) in [5, 5.41) is 15.5. The summed E-state index contributed by atoms with van der Waals surface area (Å²) < 4.78 is 13.2. The van der Waals surface area contributed by atoms with E-state index in [-0.39, 0.29) is 12.2 Å². The molecule has 8 heteroatoms. The third-order valence-electron chi connectivity index (χ3n) is 2.37. The molecule has 3 N–H and O–H groups in total. The Morgan fingerprint density at radius 3 is 2.85 bits per heavy atom. The van der Waals surface area contributed by atoms with E-state index in [1.807, 2.05) is 0 Å². The van der Waals surface area contributed by atoms with E-state index in [2.05, 4.69) is 15.6 Å². The number of halogens is 1. The monoisotopic (exact) mass is 295 g/mol. The number of nitrogens with one attached hydrogen (secondary N) is 2. The van der Waals surface area contributed by atoms with Crippen LogP contribution in [0.25, 0.3) is 0 Å². The number of rotatable bonds is 4. The second-order valence-corrected chi connectivity index (χ2v) is 4.51. The van der Waals surface area contributed by atoms with Crippen LogP contribution in [0.5, 0.6) is 0 Å². The van der Waals surface area contributed by atoms with Crippen molar-refractivity contribution >= 4 is 29.0 Å². The van der Waals surface area contributed by atoms with E-state index < -0.39 is 23.4 Å². The number of hydrogen-bond acceptors (Lipinski definition) is 4. The molecule has 6 nitrogen and oxygen atoms in total. The first-order valence-electron chi connectivity index (χ1n) is 5.51. The van der Waals surface area contributed by atoms with E-state index in [0.29, 0.717) is 0 Å². The maximum Gasteiger partial charge on any atom is 0.338 e. The number of benzene rings is 1. The Kier molecular flexibility index (Phi) is 4.26. The van der Waals surface area contributed by atoms with Crippen LogP contribution in [0.1, 0.15) is 16.1 Å². The van der Waals surface area contributed by atoms with Gasteiger partial charge in [0, 0.05) is 11.1 Å². The fourth-order valence-electron chi connectivity index (χ4n) is 1.44. The van der Waals surface area contributed by atoms with Gasteiger partial charge >= 0.3 is 12.0 Å². The molecule has 0 saturated carbocycles. The highest BCUT2D eigenvalue weighted by Crippen LogP contribution is 2.14. The molecule has 0 unspecified atom stereocenters. The van der Waals surface area contributed by atoms with Crippen LogP contribution in [0.2, 0.25) is 0 Å². The second kappa shape index (κ2) is 6.11. The van der Waals surface area contributed by atoms with E-state index in [9.17, 15) is 14.0 Å². The van der Waals surface area contributed by atoms with Gasteiger partial charge < -0.3 is 15.7 Å². The van der Waals surface area contributed by atoms with Gasteiger partial charge in [-0.05, 0) is 18.2 Å². The topological polar surface area (TPSA) is 91.3 Å². The Hall–Kier alpha value is -2.48. The summed E-state index contributed by atoms with van der Waals surface area (Å²) >= 11 is 1.41. The molecule has 0 saturated heterocycles. The molecule has 0 atom stereocenters. The highest BCUT2D eigenvalue weighted by molar-refractivity contribution is 7.07. The van der Waals surface area contributed by atoms with Crippen LogP contribution in [0.3, 0.4) is 0 Å². The molecule has 20 heavy (non-hydrogen) atoms. The van der Waals surface area contributed by atoms with E-state index in [0.717, 1.165) is 17.8 Å². The molecule has 0 fully saturated rings. The van der Waals surface area contributed by atoms with Crippen LogP contribution < -0.4 is 10.6 Å². The van der Waals surface area contributed by atoms with Gasteiger partial charge in [-0.15, -0.1) is 11.3 Å². The third-order valence-corrected chi connectivity index (χ3v) is 3.00. The van der Waals surface area contributed by atoms with Gasteiger partial charge in [0.2, 0.25) is 0 Å². The van der Waals surface area contributed by atoms with Gasteiger partial charge in [-0.1, -0.05) is 0 Å². The summed E-state index contributed by atoms with van der Waals surface area (Å²) in [4.78, 5) is 26.3. The van der Waals surface area contributed by atoms with Crippen molar-refractivity contribution in [3.05, 3.63) is 46.2 Å². The second-order valence-electron chi connectivity index (χ2n) is 3.79. The largest absolute Gasteiger partial charge is 0.478 e. The summed E-state index contributed by atoms with van der Waals surface area (Å²) in [7, 11) is 0. The molecule has 0 spiro atoms. The number of amides is 2. The van der Waals surface area contributed by atoms with Crippen molar-refractivity contribution in [1.82, 2.24) is 10.3 Å². The van der Waals surface area contributed by atoms with Gasteiger partial charge in [0.05, 0.1) is 23.3 Å². The first-order valence-corrected chi connectivity index (χ1v) is 6.45. The van der Waals surface area contributed by atoms with Crippen LogP contribution in [-0.4, -0.2) is 22.1 Å². The minimum absolute atomic E-state index is 0.194. The Bertz CT molecular complexity index is 631. The average Bonchev–Trinajstić information content (AvgIpc) is 2.91. The molecule has 2 rings (SSSR count). The molecular formula is C12H10FN3O3S. The fourth-order valence-corrected chi connectivity index (χ4v) is 2.00. The van der Waals surface area contributed by atoms with Crippen molar-refractivity contribution in [2.45, 2.75) is 6.54 Å². The van der Waals surface area contributed by atoms with E-state index >= 15 is 0 Å². The third kappa shape index (κ3) is 3.51. The zero-order valence-electron chi connectivity index (χ0n) is 10.1. The van der Waals surface area contributed by atoms with Crippen molar-refractivity contribution in [1.29, 1.82) is 0 Å². The number of carbonyl (C=O) groups excluding carboxylic acids is 1. The molecule has 1 heterocycles. The van der Waals surface area contributed by atoms with Crippen LogP contribution >= 0.6 is 11.3 Å². The molecule has 0 aliphatic rings. The summed E-state index contributed by atoms with van der Waals surface area (Å²) in [5.41, 5.74) is 2.06. The standard InChI is InChI=1S/C12H10FN3O3S/c13-10-2-1-7(3-9(10)11(17)18)16-12(19)14-4-8-5-20-6-15-8/h1-3,5-6H,4H2,(H,17,18)(H2,14,16,19). The number of anilines is 1. The van der Waals surface area contributed by atoms with E-state index in [4.69, 9.17) is 5.11 Å². The molecule has 1 aromatic heterocycles. The Morgan fingerprint density at radius 2 is 2.20 bits per heavy atom. The molecular weight excluding hydrogens is 285 g/mol. The lowest BCUT2D eigenvalue weighted by Gasteiger charge is -2.07. The number of hydrogen-bond donors (Lipinski definition) is 3. The normalized spacial score (nSPS) is 10.1. The van der Waals surface area contributed by atoms with E-state index in [1.165, 1.54) is 17.4 Å². The van der Waals surface area contributed by atoms with Crippen LogP contribution in [0.15, 0.2) is 29.1 Å². The highest BCUT2D eigenvalue weighted by Gasteiger charge is 2.12. The van der Waals surface area contributed by atoms with Crippen molar-refractivity contribution in [3.63, 3.8) is 0 Å². The first kappa shape index (κ1) is 13.9. The lowest BCUT2D eigenvalue weighted by Crippen LogP contribution is -2.28. The number of carboxylic acid groups (broad SMARTS) is 1. The Balaban J connectivity index is 1.97. The van der Waals surface area contributed by atoms with Gasteiger partial charge in [0.15, 0.2) is 0 Å². The van der Waals surface area contributed by atoms with Gasteiger partial charge in [0.1, 0.15) is 5.82 Å². The van der Waals surface area contributed by atoms with Crippen LogP contribution in [0, 0.1) is 5.82 Å². The van der Waals surface area contributed by atoms with Crippen molar-refractivity contribution in [3.8, 4) is 0 Å². The van der Waals surface area contributed by atoms with Crippen molar-refractivity contribution in [2.24, 2.45) is 0 Å². The zero-order chi connectivity index (χ0) is 14.5. The number of carboxylic acids is 1. The SMILES string of the molecule is O=C(NCc1cscn1)Nc1ccc(F)c(C(=O)O)c1. The van der Waals surface area contributed by atoms with Crippen molar-refractivity contribution in [2.75, 3.05) is 5.32 Å². The molecule has 2 amide bonds. The number of aromatic carboxylic acids is 1. The predicted molar refractivity (Wildman–Crippen MR) is 71.3 cm³/mol. The number of carbonyl (C=O) groups is 2. The van der Waals surface area contributed by atoms with Gasteiger partial charge in [0.25, 0.3) is 0 Å². The van der Waals surface area contributed by atoms with Crippen molar-refractivity contribution < 1.29 is 19.1 Å². The summed E-state index contributed by atoms with van der Waals surface area (Å²) in [6, 6.07) is 2.80. The number of aromatic nitrogens is 1. The fraction of sp³-hybridized carbons (Fsp3) is 0.0833. The number of nitrogens with zero attached hydrogens (tertiary/aromatic N) is 1. The lowest BCUT2D eigenvalue weighted by molar-refractivity contribution is 0.0692. The Morgan fingerprint density at radius 1 is 1.40 bits per heavy atom. The first-order chi connectivity index (χ1) is 9.56. The zero-order valence-corrected chi connectivity index (χ0v) is 10.9. The quantitative estimate of drug-likeness (QED) is 0.807. The summed E-state index contributed by atoms with van der Waals surface area (Å²) in [5.74, 6) is -2.25. The summed E-state index contributed by atoms with van der Waals surface area (Å²) in [6.45, 7) is 0.252. The molecule has 1 aromatic carbocycles. The maximum absolute atomic E-state index is 13.2. The van der Waals surface area contributed by atoms with Gasteiger partial charge in [-0.25, -0.2) is 19.0 Å². The summed E-state index contributed by atoms with van der Waals surface area (Å²) in [6.07, 6.45) is 0. The van der Waals surface area contributed by atoms with Gasteiger partial charge in [-0.3, -0.25) is 0 Å². The molecule has 0 aliphatic carbocycles. The predicted octanol–water partition coefficient (Wildman–Crippen LogP) is 2.30. The van der Waals surface area contributed by atoms with Gasteiger partial charge in [-0.2, -0.15) is 0 Å². The van der Waals surface area contributed by atoms with E-state index in [1.54, 1.807) is 10.9 Å². The molecule has 0 aliphatic heterocycles. The average molecular weight is 295 g/mol. The Labute approximate surface area is 117 Å². The number of urea groups is 1. The molecule has 0 radical (unpaired) electrons. The highest BCUT2D eigenvalue weighted by atomic mass is 32.1. The minimum atomic E-state index is -1.39. The maximum atomic E-state index is 13.2. The van der Waals surface area contributed by atoms with Crippen LogP contribution in [-0.2, 0) is 6.54 Å². The minimum Gasteiger partial charge on any atom is -0.478 e. The lowest BCUT2D eigenvalue weighted by atomic mass is 10.2. The van der Waals surface area contributed by atoms with Crippen LogP contribution in [0.4, 0.5) is 14.9 Å². The molecule has 0 bridgehead atoms. The molecule has 104 valence electrons.